The van der Waals surface area contributed by atoms with Crippen molar-refractivity contribution in [2.75, 3.05) is 21.3 Å². The molecule has 0 aliphatic carbocycles. The number of halogens is 2. The van der Waals surface area contributed by atoms with Gasteiger partial charge in [0.1, 0.15) is 0 Å². The summed E-state index contributed by atoms with van der Waals surface area (Å²) in [7, 11) is 4.76. The van der Waals surface area contributed by atoms with Gasteiger partial charge in [-0.2, -0.15) is 0 Å². The third kappa shape index (κ3) is 2.60. The Hall–Kier alpha value is -0.680. The fraction of sp³-hybridized carbons (Fsp3) is 0.333. The van der Waals surface area contributed by atoms with Crippen molar-refractivity contribution in [2.24, 2.45) is 0 Å². The highest BCUT2D eigenvalue weighted by Gasteiger charge is 2.23. The maximum atomic E-state index is 5.34. The van der Waals surface area contributed by atoms with E-state index in [1.54, 1.807) is 21.3 Å². The van der Waals surface area contributed by atoms with Crippen molar-refractivity contribution in [3.8, 4) is 17.2 Å². The van der Waals surface area contributed by atoms with Crippen molar-refractivity contribution in [3.63, 3.8) is 0 Å². The quantitative estimate of drug-likeness (QED) is 0.739. The Balaban J connectivity index is 3.60. The summed E-state index contributed by atoms with van der Waals surface area (Å²) in [6.07, 6.45) is 2.51. The van der Waals surface area contributed by atoms with Crippen molar-refractivity contribution >= 4 is 31.9 Å². The second kappa shape index (κ2) is 6.31. The Kier molecular flexibility index (Phi) is 5.33. The number of methoxy groups -OCH3 is 3. The highest BCUT2D eigenvalue weighted by Crippen LogP contribution is 2.50. The molecule has 3 nitrogen and oxygen atoms in total. The second-order valence-corrected chi connectivity index (χ2v) is 4.79. The van der Waals surface area contributed by atoms with E-state index in [9.17, 15) is 0 Å². The van der Waals surface area contributed by atoms with E-state index in [1.807, 2.05) is 6.08 Å². The van der Waals surface area contributed by atoms with E-state index in [4.69, 9.17) is 14.2 Å². The van der Waals surface area contributed by atoms with E-state index in [1.165, 1.54) is 0 Å². The van der Waals surface area contributed by atoms with Crippen LogP contribution in [0.5, 0.6) is 17.2 Å². The molecule has 0 fully saturated rings. The molecule has 5 heteroatoms. The third-order valence-corrected chi connectivity index (χ3v) is 3.98. The molecule has 0 radical (unpaired) electrons. The van der Waals surface area contributed by atoms with Crippen molar-refractivity contribution in [1.82, 2.24) is 0 Å². The smallest absolute Gasteiger partial charge is 0.205 e. The fourth-order valence-electron chi connectivity index (χ4n) is 1.55. The van der Waals surface area contributed by atoms with E-state index in [2.05, 4.69) is 38.4 Å². The van der Waals surface area contributed by atoms with Gasteiger partial charge in [-0.25, -0.2) is 0 Å². The van der Waals surface area contributed by atoms with Gasteiger partial charge in [0, 0.05) is 0 Å². The molecule has 0 atom stereocenters. The van der Waals surface area contributed by atoms with Gasteiger partial charge in [-0.15, -0.1) is 6.58 Å². The third-order valence-electron chi connectivity index (χ3n) is 2.30. The maximum absolute atomic E-state index is 5.34. The van der Waals surface area contributed by atoms with Gasteiger partial charge in [0.25, 0.3) is 0 Å². The maximum Gasteiger partial charge on any atom is 0.205 e. The summed E-state index contributed by atoms with van der Waals surface area (Å²) in [6.45, 7) is 3.74. The predicted octanol–water partition coefficient (Wildman–Crippen LogP) is 3.97. The zero-order chi connectivity index (χ0) is 13.0. The molecule has 0 bridgehead atoms. The Labute approximate surface area is 118 Å². The van der Waals surface area contributed by atoms with E-state index < -0.39 is 0 Å². The molecule has 94 valence electrons. The average molecular weight is 366 g/mol. The Morgan fingerprint density at radius 3 is 1.65 bits per heavy atom. The van der Waals surface area contributed by atoms with Gasteiger partial charge in [0.05, 0.1) is 30.3 Å². The number of allylic oxidation sites excluding steroid dienone is 1. The molecule has 17 heavy (non-hydrogen) atoms. The van der Waals surface area contributed by atoms with Crippen LogP contribution < -0.4 is 14.2 Å². The minimum atomic E-state index is 0.557. The fourth-order valence-corrected chi connectivity index (χ4v) is 3.22. The van der Waals surface area contributed by atoms with E-state index in [0.717, 1.165) is 14.5 Å². The second-order valence-electron chi connectivity index (χ2n) is 3.20. The standard InChI is InChI=1S/C12H14Br2O3/c1-5-6-7-8(13)10(15-2)12(17-4)11(16-3)9(7)14/h5H,1,6H2,2-4H3. The summed E-state index contributed by atoms with van der Waals surface area (Å²) in [5.41, 5.74) is 1.01. The largest absolute Gasteiger partial charge is 0.492 e. The first-order valence-corrected chi connectivity index (χ1v) is 6.47. The highest BCUT2D eigenvalue weighted by molar-refractivity contribution is 9.11. The van der Waals surface area contributed by atoms with Gasteiger partial charge in [-0.3, -0.25) is 0 Å². The average Bonchev–Trinajstić information content (AvgIpc) is 2.33. The number of hydrogen-bond acceptors (Lipinski definition) is 3. The molecule has 0 spiro atoms. The Morgan fingerprint density at radius 1 is 0.941 bits per heavy atom. The van der Waals surface area contributed by atoms with Crippen LogP contribution in [-0.2, 0) is 6.42 Å². The normalized spacial score (nSPS) is 9.94. The number of benzene rings is 1. The lowest BCUT2D eigenvalue weighted by atomic mass is 10.1. The Morgan fingerprint density at radius 2 is 1.35 bits per heavy atom. The molecule has 0 aliphatic heterocycles. The summed E-state index contributed by atoms with van der Waals surface area (Å²) < 4.78 is 17.7. The van der Waals surface area contributed by atoms with Gasteiger partial charge in [0.15, 0.2) is 11.5 Å². The molecular weight excluding hydrogens is 352 g/mol. The van der Waals surface area contributed by atoms with Crippen LogP contribution in [0.25, 0.3) is 0 Å². The molecular formula is C12H14Br2O3. The van der Waals surface area contributed by atoms with Gasteiger partial charge in [0.2, 0.25) is 5.75 Å². The van der Waals surface area contributed by atoms with E-state index >= 15 is 0 Å². The van der Waals surface area contributed by atoms with Crippen LogP contribution in [0.15, 0.2) is 21.6 Å². The summed E-state index contributed by atoms with van der Waals surface area (Å²) in [5, 5.41) is 0. The molecule has 0 heterocycles. The lowest BCUT2D eigenvalue weighted by molar-refractivity contribution is 0.321. The minimum absolute atomic E-state index is 0.557. The van der Waals surface area contributed by atoms with E-state index in [-0.39, 0.29) is 0 Å². The highest BCUT2D eigenvalue weighted by atomic mass is 79.9. The van der Waals surface area contributed by atoms with Crippen LogP contribution in [0.3, 0.4) is 0 Å². The molecule has 0 aliphatic rings. The zero-order valence-corrected chi connectivity index (χ0v) is 13.1. The van der Waals surface area contributed by atoms with Crippen LogP contribution in [0.2, 0.25) is 0 Å². The van der Waals surface area contributed by atoms with Gasteiger partial charge < -0.3 is 14.2 Å². The molecule has 0 aromatic heterocycles. The van der Waals surface area contributed by atoms with Gasteiger partial charge >= 0.3 is 0 Å². The monoisotopic (exact) mass is 364 g/mol. The first kappa shape index (κ1) is 14.4. The Bertz CT molecular complexity index is 399. The summed E-state index contributed by atoms with van der Waals surface area (Å²) in [6, 6.07) is 0. The topological polar surface area (TPSA) is 27.7 Å². The predicted molar refractivity (Wildman–Crippen MR) is 75.4 cm³/mol. The SMILES string of the molecule is C=CCc1c(Br)c(OC)c(OC)c(OC)c1Br. The van der Waals surface area contributed by atoms with Crippen molar-refractivity contribution < 1.29 is 14.2 Å². The molecule has 1 rings (SSSR count). The van der Waals surface area contributed by atoms with E-state index in [0.29, 0.717) is 23.7 Å². The number of rotatable bonds is 5. The molecule has 1 aromatic carbocycles. The molecule has 0 saturated carbocycles. The number of hydrogen-bond donors (Lipinski definition) is 0. The first-order valence-electron chi connectivity index (χ1n) is 4.89. The number of ether oxygens (including phenoxy) is 3. The lowest BCUT2D eigenvalue weighted by Crippen LogP contribution is -2.00. The van der Waals surface area contributed by atoms with Crippen LogP contribution >= 0.6 is 31.9 Å². The van der Waals surface area contributed by atoms with Crippen molar-refractivity contribution in [1.29, 1.82) is 0 Å². The van der Waals surface area contributed by atoms with Crippen LogP contribution in [-0.4, -0.2) is 21.3 Å². The summed E-state index contributed by atoms with van der Waals surface area (Å²) >= 11 is 7.02. The van der Waals surface area contributed by atoms with Crippen molar-refractivity contribution in [3.05, 3.63) is 27.2 Å². The van der Waals surface area contributed by atoms with Gasteiger partial charge in [-0.1, -0.05) is 6.08 Å². The molecule has 0 amide bonds. The first-order chi connectivity index (χ1) is 8.12. The summed E-state index contributed by atoms with van der Waals surface area (Å²) in [5.74, 6) is 1.79. The molecule has 0 saturated heterocycles. The molecule has 0 unspecified atom stereocenters. The molecule has 1 aromatic rings. The van der Waals surface area contributed by atoms with Crippen molar-refractivity contribution in [2.45, 2.75) is 6.42 Å². The zero-order valence-electron chi connectivity index (χ0n) is 9.97. The van der Waals surface area contributed by atoms with Crippen LogP contribution in [0.4, 0.5) is 0 Å². The van der Waals surface area contributed by atoms with Crippen LogP contribution in [0.1, 0.15) is 5.56 Å². The summed E-state index contributed by atoms with van der Waals surface area (Å²) in [4.78, 5) is 0. The van der Waals surface area contributed by atoms with Gasteiger partial charge in [-0.05, 0) is 43.8 Å². The minimum Gasteiger partial charge on any atom is -0.492 e. The lowest BCUT2D eigenvalue weighted by Gasteiger charge is -2.18. The van der Waals surface area contributed by atoms with Crippen LogP contribution in [0, 0.1) is 0 Å². The molecule has 0 N–H and O–H groups in total.